The largest absolute Gasteiger partial charge is 0.522 e. The summed E-state index contributed by atoms with van der Waals surface area (Å²) >= 11 is 0. The Morgan fingerprint density at radius 1 is 0.800 bits per heavy atom. The molecule has 0 aliphatic carbocycles. The summed E-state index contributed by atoms with van der Waals surface area (Å²) in [6.07, 6.45) is 1.12. The quantitative estimate of drug-likeness (QED) is 0.370. The van der Waals surface area contributed by atoms with Crippen LogP contribution in [0.3, 0.4) is 0 Å². The van der Waals surface area contributed by atoms with Crippen LogP contribution in [0.5, 0.6) is 0 Å². The molecule has 3 rings (SSSR count). The third-order valence-corrected chi connectivity index (χ3v) is 4.77. The third kappa shape index (κ3) is 6.71. The molecule has 0 atom stereocenters. The molecule has 0 radical (unpaired) electrons. The van der Waals surface area contributed by atoms with E-state index in [1.54, 1.807) is 0 Å². The van der Waals surface area contributed by atoms with Crippen LogP contribution < -0.4 is 0 Å². The lowest BCUT2D eigenvalue weighted by atomic mass is 9.91. The van der Waals surface area contributed by atoms with E-state index in [9.17, 15) is 13.2 Å². The lowest BCUT2D eigenvalue weighted by molar-refractivity contribution is -0.0510. The third-order valence-electron chi connectivity index (χ3n) is 4.19. The summed E-state index contributed by atoms with van der Waals surface area (Å²) < 4.78 is 57.5. The molecule has 0 bridgehead atoms. The number of hydrogen-bond donors (Lipinski definition) is 1. The molecule has 0 saturated carbocycles. The minimum Gasteiger partial charge on any atom is -0.279 e. The first kappa shape index (κ1) is 23.6. The van der Waals surface area contributed by atoms with Gasteiger partial charge in [0.15, 0.2) is 0 Å². The van der Waals surface area contributed by atoms with Crippen molar-refractivity contribution in [2.24, 2.45) is 5.92 Å². The predicted molar refractivity (Wildman–Crippen MR) is 113 cm³/mol. The second kappa shape index (κ2) is 9.91. The monoisotopic (exact) mass is 436 g/mol. The number of alkyl halides is 3. The number of rotatable bonds is 4. The minimum atomic E-state index is -5.84. The van der Waals surface area contributed by atoms with Crippen molar-refractivity contribution in [3.8, 4) is 22.3 Å². The highest BCUT2D eigenvalue weighted by atomic mass is 32.2. The maximum Gasteiger partial charge on any atom is 0.522 e. The van der Waals surface area contributed by atoms with E-state index < -0.39 is 15.6 Å². The predicted octanol–water partition coefficient (Wildman–Crippen LogP) is 6.61. The summed E-state index contributed by atoms with van der Waals surface area (Å²) in [6, 6.07) is 28.2. The number of halogens is 3. The molecule has 1 N–H and O–H groups in total. The summed E-state index contributed by atoms with van der Waals surface area (Å²) in [5, 5.41) is 0. The van der Waals surface area contributed by atoms with Crippen LogP contribution in [-0.4, -0.2) is 18.5 Å². The zero-order chi connectivity index (χ0) is 22.4. The zero-order valence-corrected chi connectivity index (χ0v) is 17.4. The first-order valence-corrected chi connectivity index (χ1v) is 10.7. The Kier molecular flexibility index (Phi) is 7.81. The zero-order valence-electron chi connectivity index (χ0n) is 16.6. The van der Waals surface area contributed by atoms with Crippen LogP contribution in [0.25, 0.3) is 22.3 Å². The van der Waals surface area contributed by atoms with Crippen molar-refractivity contribution < 1.29 is 26.1 Å². The topological polar surface area (TPSA) is 54.4 Å². The maximum atomic E-state index is 10.7. The fourth-order valence-electron chi connectivity index (χ4n) is 2.92. The summed E-state index contributed by atoms with van der Waals surface area (Å²) in [5.74, 6) is 0.672. The molecule has 0 amide bonds. The first-order valence-electron chi connectivity index (χ1n) is 9.26. The highest BCUT2D eigenvalue weighted by Crippen LogP contribution is 2.33. The Labute approximate surface area is 175 Å². The number of benzene rings is 3. The standard InChI is InChI=1S/C22H22.CHF3O3S/c1-17(2)15-18-13-14-21(19-9-5-3-6-10-19)22(16-18)20-11-7-4-8-12-20;2-1(3,4)8(5,6)7/h3-14,16-17H,15H2,1-2H3;(H,5,6,7). The van der Waals surface area contributed by atoms with Crippen molar-refractivity contribution in [1.29, 1.82) is 0 Å². The number of hydrogen-bond acceptors (Lipinski definition) is 2. The van der Waals surface area contributed by atoms with Crippen LogP contribution >= 0.6 is 0 Å². The summed E-state index contributed by atoms with van der Waals surface area (Å²) in [5.41, 5.74) is 1.06. The molecule has 0 aromatic heterocycles. The van der Waals surface area contributed by atoms with Gasteiger partial charge in [-0.25, -0.2) is 0 Å². The van der Waals surface area contributed by atoms with Crippen LogP contribution in [0.15, 0.2) is 78.9 Å². The fraction of sp³-hybridized carbons (Fsp3) is 0.217. The summed E-state index contributed by atoms with van der Waals surface area (Å²) in [6.45, 7) is 4.54. The average Bonchev–Trinajstić information content (AvgIpc) is 2.68. The summed E-state index contributed by atoms with van der Waals surface area (Å²) in [7, 11) is -5.84. The molecule has 3 aromatic rings. The second-order valence-electron chi connectivity index (χ2n) is 7.13. The molecule has 0 saturated heterocycles. The average molecular weight is 436 g/mol. The van der Waals surface area contributed by atoms with Crippen LogP contribution in [0, 0.1) is 5.92 Å². The van der Waals surface area contributed by atoms with Gasteiger partial charge in [0.25, 0.3) is 0 Å². The van der Waals surface area contributed by atoms with Crippen LogP contribution in [0.1, 0.15) is 19.4 Å². The van der Waals surface area contributed by atoms with Crippen molar-refractivity contribution in [1.82, 2.24) is 0 Å². The van der Waals surface area contributed by atoms with Crippen molar-refractivity contribution in [3.05, 3.63) is 84.4 Å². The lowest BCUT2D eigenvalue weighted by Gasteiger charge is -2.14. The molecular formula is C23H23F3O3S. The SMILES string of the molecule is CC(C)Cc1ccc(-c2ccccc2)c(-c2ccccc2)c1.O=S(=O)(O)C(F)(F)F. The highest BCUT2D eigenvalue weighted by molar-refractivity contribution is 7.86. The van der Waals surface area contributed by atoms with Crippen molar-refractivity contribution in [2.75, 3.05) is 0 Å². The van der Waals surface area contributed by atoms with E-state index in [0.717, 1.165) is 6.42 Å². The normalized spacial score (nSPS) is 11.7. The molecule has 0 unspecified atom stereocenters. The van der Waals surface area contributed by atoms with E-state index in [4.69, 9.17) is 13.0 Å². The van der Waals surface area contributed by atoms with Crippen LogP contribution in [0.2, 0.25) is 0 Å². The molecule has 0 fully saturated rings. The van der Waals surface area contributed by atoms with Gasteiger partial charge in [-0.05, 0) is 40.2 Å². The fourth-order valence-corrected chi connectivity index (χ4v) is 2.92. The molecule has 0 aliphatic heterocycles. The Balaban J connectivity index is 0.000000343. The summed E-state index contributed by atoms with van der Waals surface area (Å²) in [4.78, 5) is 0. The van der Waals surface area contributed by atoms with Gasteiger partial charge in [-0.15, -0.1) is 0 Å². The van der Waals surface area contributed by atoms with Gasteiger partial charge < -0.3 is 0 Å². The van der Waals surface area contributed by atoms with Crippen LogP contribution in [0.4, 0.5) is 13.2 Å². The van der Waals surface area contributed by atoms with Gasteiger partial charge in [0.2, 0.25) is 0 Å². The van der Waals surface area contributed by atoms with Gasteiger partial charge in [-0.2, -0.15) is 21.6 Å². The van der Waals surface area contributed by atoms with Gasteiger partial charge in [-0.1, -0.05) is 92.7 Å². The molecule has 30 heavy (non-hydrogen) atoms. The molecule has 7 heteroatoms. The molecular weight excluding hydrogens is 413 g/mol. The van der Waals surface area contributed by atoms with E-state index in [1.165, 1.54) is 27.8 Å². The van der Waals surface area contributed by atoms with Crippen molar-refractivity contribution in [3.63, 3.8) is 0 Å². The van der Waals surface area contributed by atoms with E-state index in [-0.39, 0.29) is 0 Å². The van der Waals surface area contributed by atoms with Gasteiger partial charge in [-0.3, -0.25) is 4.55 Å². The Hall–Kier alpha value is -2.64. The van der Waals surface area contributed by atoms with E-state index in [0.29, 0.717) is 5.92 Å². The molecule has 3 aromatic carbocycles. The smallest absolute Gasteiger partial charge is 0.279 e. The van der Waals surface area contributed by atoms with Gasteiger partial charge in [0, 0.05) is 0 Å². The molecule has 3 nitrogen and oxygen atoms in total. The van der Waals surface area contributed by atoms with Crippen LogP contribution in [-0.2, 0) is 16.5 Å². The van der Waals surface area contributed by atoms with Gasteiger partial charge >= 0.3 is 15.6 Å². The van der Waals surface area contributed by atoms with E-state index >= 15 is 0 Å². The Morgan fingerprint density at radius 3 is 1.63 bits per heavy atom. The maximum absolute atomic E-state index is 10.7. The Bertz CT molecular complexity index is 1050. The highest BCUT2D eigenvalue weighted by Gasteiger charge is 2.44. The minimum absolute atomic E-state index is 0.672. The van der Waals surface area contributed by atoms with Gasteiger partial charge in [0.05, 0.1) is 0 Å². The van der Waals surface area contributed by atoms with E-state index in [2.05, 4.69) is 92.7 Å². The first-order chi connectivity index (χ1) is 14.0. The lowest BCUT2D eigenvalue weighted by Crippen LogP contribution is -2.21. The molecule has 0 heterocycles. The Morgan fingerprint density at radius 2 is 1.23 bits per heavy atom. The van der Waals surface area contributed by atoms with Gasteiger partial charge in [0.1, 0.15) is 0 Å². The molecule has 0 spiro atoms. The molecule has 0 aliphatic rings. The van der Waals surface area contributed by atoms with E-state index in [1.807, 2.05) is 0 Å². The van der Waals surface area contributed by atoms with Crippen molar-refractivity contribution in [2.45, 2.75) is 25.8 Å². The van der Waals surface area contributed by atoms with Crippen molar-refractivity contribution >= 4 is 10.1 Å². The second-order valence-corrected chi connectivity index (χ2v) is 8.54. The molecule has 160 valence electrons.